The summed E-state index contributed by atoms with van der Waals surface area (Å²) in [4.78, 5) is 22.4. The van der Waals surface area contributed by atoms with Crippen LogP contribution in [0, 0.1) is 0 Å². The van der Waals surface area contributed by atoms with E-state index in [0.29, 0.717) is 5.75 Å². The van der Waals surface area contributed by atoms with Gasteiger partial charge in [-0.2, -0.15) is 0 Å². The Morgan fingerprint density at radius 3 is 2.41 bits per heavy atom. The van der Waals surface area contributed by atoms with E-state index in [2.05, 4.69) is 0 Å². The molecule has 2 aromatic rings. The Balaban J connectivity index is 2.27. The molecule has 0 aliphatic rings. The summed E-state index contributed by atoms with van der Waals surface area (Å²) in [6.07, 6.45) is 0. The first-order chi connectivity index (χ1) is 10.5. The van der Waals surface area contributed by atoms with Gasteiger partial charge in [0, 0.05) is 0 Å². The molecule has 0 radical (unpaired) electrons. The third-order valence-corrected chi connectivity index (χ3v) is 3.00. The monoisotopic (exact) mass is 302 g/mol. The van der Waals surface area contributed by atoms with Gasteiger partial charge >= 0.3 is 11.9 Å². The molecule has 0 unspecified atom stereocenters. The lowest BCUT2D eigenvalue weighted by Gasteiger charge is -2.11. The number of methoxy groups -OCH3 is 1. The highest BCUT2D eigenvalue weighted by Crippen LogP contribution is 2.24. The molecule has 0 aromatic heterocycles. The van der Waals surface area contributed by atoms with Crippen molar-refractivity contribution in [2.75, 3.05) is 7.11 Å². The van der Waals surface area contributed by atoms with Gasteiger partial charge in [-0.25, -0.2) is 9.59 Å². The number of hydrogen-bond acceptors (Lipinski definition) is 4. The molecule has 0 amide bonds. The maximum atomic E-state index is 11.3. The number of carboxylic acid groups (broad SMARTS) is 2. The van der Waals surface area contributed by atoms with Crippen LogP contribution in [-0.2, 0) is 6.61 Å². The lowest BCUT2D eigenvalue weighted by molar-refractivity contribution is 0.0647. The van der Waals surface area contributed by atoms with Gasteiger partial charge in [0.05, 0.1) is 12.7 Å². The highest BCUT2D eigenvalue weighted by atomic mass is 16.5. The average Bonchev–Trinajstić information content (AvgIpc) is 2.52. The van der Waals surface area contributed by atoms with Crippen molar-refractivity contribution in [3.05, 3.63) is 59.2 Å². The van der Waals surface area contributed by atoms with Gasteiger partial charge in [0.15, 0.2) is 0 Å². The van der Waals surface area contributed by atoms with Crippen LogP contribution in [0.5, 0.6) is 11.5 Å². The van der Waals surface area contributed by atoms with Gasteiger partial charge in [-0.05, 0) is 29.8 Å². The van der Waals surface area contributed by atoms with E-state index in [-0.39, 0.29) is 23.5 Å². The summed E-state index contributed by atoms with van der Waals surface area (Å²) in [5.41, 5.74) is 0.102. The van der Waals surface area contributed by atoms with Crippen LogP contribution in [0.1, 0.15) is 26.3 Å². The summed E-state index contributed by atoms with van der Waals surface area (Å²) in [6, 6.07) is 11.2. The summed E-state index contributed by atoms with van der Waals surface area (Å²) in [5, 5.41) is 18.3. The lowest BCUT2D eigenvalue weighted by Crippen LogP contribution is -2.10. The molecule has 0 fully saturated rings. The number of carbonyl (C=O) groups is 2. The predicted molar refractivity (Wildman–Crippen MR) is 77.7 cm³/mol. The number of benzene rings is 2. The molecule has 0 atom stereocenters. The number of rotatable bonds is 6. The Morgan fingerprint density at radius 1 is 1.05 bits per heavy atom. The van der Waals surface area contributed by atoms with Crippen LogP contribution in [-0.4, -0.2) is 29.3 Å². The first-order valence-corrected chi connectivity index (χ1v) is 6.38. The summed E-state index contributed by atoms with van der Waals surface area (Å²) in [6.45, 7) is 0.0978. The van der Waals surface area contributed by atoms with Crippen molar-refractivity contribution in [3.63, 3.8) is 0 Å². The zero-order chi connectivity index (χ0) is 16.1. The zero-order valence-electron chi connectivity index (χ0n) is 11.8. The quantitative estimate of drug-likeness (QED) is 0.852. The van der Waals surface area contributed by atoms with Crippen molar-refractivity contribution in [3.8, 4) is 11.5 Å². The van der Waals surface area contributed by atoms with Crippen LogP contribution in [0.3, 0.4) is 0 Å². The van der Waals surface area contributed by atoms with Crippen molar-refractivity contribution in [2.24, 2.45) is 0 Å². The van der Waals surface area contributed by atoms with Gasteiger partial charge in [0.1, 0.15) is 23.7 Å². The first kappa shape index (κ1) is 15.4. The largest absolute Gasteiger partial charge is 0.497 e. The zero-order valence-corrected chi connectivity index (χ0v) is 11.8. The molecule has 114 valence electrons. The minimum atomic E-state index is -1.35. The summed E-state index contributed by atoms with van der Waals surface area (Å²) >= 11 is 0. The maximum Gasteiger partial charge on any atom is 0.340 e. The molecule has 6 nitrogen and oxygen atoms in total. The van der Waals surface area contributed by atoms with Gasteiger partial charge in [-0.3, -0.25) is 0 Å². The Labute approximate surface area is 126 Å². The number of hydrogen-bond donors (Lipinski definition) is 2. The van der Waals surface area contributed by atoms with Crippen LogP contribution in [0.2, 0.25) is 0 Å². The van der Waals surface area contributed by atoms with E-state index in [1.807, 2.05) is 0 Å². The van der Waals surface area contributed by atoms with E-state index in [9.17, 15) is 14.7 Å². The summed E-state index contributed by atoms with van der Waals surface area (Å²) in [7, 11) is 1.54. The normalized spacial score (nSPS) is 10.0. The molecule has 0 spiro atoms. The molecule has 22 heavy (non-hydrogen) atoms. The highest BCUT2D eigenvalue weighted by molar-refractivity contribution is 6.03. The van der Waals surface area contributed by atoms with Crippen molar-refractivity contribution in [2.45, 2.75) is 6.61 Å². The van der Waals surface area contributed by atoms with Gasteiger partial charge in [0.2, 0.25) is 0 Å². The minimum Gasteiger partial charge on any atom is -0.497 e. The van der Waals surface area contributed by atoms with Crippen molar-refractivity contribution in [1.29, 1.82) is 0 Å². The second-order valence-corrected chi connectivity index (χ2v) is 4.43. The number of ether oxygens (including phenoxy) is 2. The molecule has 0 saturated carbocycles. The van der Waals surface area contributed by atoms with Crippen molar-refractivity contribution in [1.82, 2.24) is 0 Å². The van der Waals surface area contributed by atoms with E-state index in [4.69, 9.17) is 14.6 Å². The van der Waals surface area contributed by atoms with Crippen LogP contribution < -0.4 is 9.47 Å². The molecule has 0 heterocycles. The van der Waals surface area contributed by atoms with Gasteiger partial charge in [0.25, 0.3) is 0 Å². The second-order valence-electron chi connectivity index (χ2n) is 4.43. The Hall–Kier alpha value is -3.02. The molecule has 0 aliphatic carbocycles. The van der Waals surface area contributed by atoms with E-state index in [0.717, 1.165) is 5.56 Å². The number of aromatic carboxylic acids is 2. The SMILES string of the molecule is COc1cccc(COc2cccc(C(=O)O)c2C(=O)O)c1. The maximum absolute atomic E-state index is 11.3. The highest BCUT2D eigenvalue weighted by Gasteiger charge is 2.21. The van der Waals surface area contributed by atoms with Crippen molar-refractivity contribution < 1.29 is 29.3 Å². The molecule has 2 aromatic carbocycles. The Bertz CT molecular complexity index is 708. The van der Waals surface area contributed by atoms with Crippen molar-refractivity contribution >= 4 is 11.9 Å². The third kappa shape index (κ3) is 3.35. The minimum absolute atomic E-state index is 0.00946. The molecule has 6 heteroatoms. The van der Waals surface area contributed by atoms with Crippen LogP contribution in [0.4, 0.5) is 0 Å². The van der Waals surface area contributed by atoms with Crippen LogP contribution >= 0.6 is 0 Å². The van der Waals surface area contributed by atoms with Gasteiger partial charge < -0.3 is 19.7 Å². The van der Waals surface area contributed by atoms with E-state index < -0.39 is 11.9 Å². The van der Waals surface area contributed by atoms with E-state index in [1.54, 1.807) is 31.4 Å². The van der Waals surface area contributed by atoms with Crippen LogP contribution in [0.15, 0.2) is 42.5 Å². The molecule has 2 N–H and O–H groups in total. The fourth-order valence-electron chi connectivity index (χ4n) is 1.97. The van der Waals surface area contributed by atoms with E-state index in [1.165, 1.54) is 18.2 Å². The second kappa shape index (κ2) is 6.62. The van der Waals surface area contributed by atoms with Gasteiger partial charge in [-0.1, -0.05) is 18.2 Å². The lowest BCUT2D eigenvalue weighted by atomic mass is 10.1. The first-order valence-electron chi connectivity index (χ1n) is 6.38. The molecular formula is C16H14O6. The molecule has 2 rings (SSSR count). The fourth-order valence-corrected chi connectivity index (χ4v) is 1.97. The molecular weight excluding hydrogens is 288 g/mol. The summed E-state index contributed by atoms with van der Waals surface area (Å²) in [5.74, 6) is -2.00. The topological polar surface area (TPSA) is 93.1 Å². The number of carboxylic acids is 2. The van der Waals surface area contributed by atoms with Crippen LogP contribution in [0.25, 0.3) is 0 Å². The molecule has 0 saturated heterocycles. The molecule has 0 bridgehead atoms. The third-order valence-electron chi connectivity index (χ3n) is 3.00. The van der Waals surface area contributed by atoms with E-state index >= 15 is 0 Å². The molecule has 0 aliphatic heterocycles. The average molecular weight is 302 g/mol. The predicted octanol–water partition coefficient (Wildman–Crippen LogP) is 2.67. The fraction of sp³-hybridized carbons (Fsp3) is 0.125. The van der Waals surface area contributed by atoms with Gasteiger partial charge in [-0.15, -0.1) is 0 Å². The smallest absolute Gasteiger partial charge is 0.340 e. The standard InChI is InChI=1S/C16H14O6/c1-21-11-5-2-4-10(8-11)9-22-13-7-3-6-12(15(17)18)14(13)16(19)20/h2-8H,9H2,1H3,(H,17,18)(H,19,20). The summed E-state index contributed by atoms with van der Waals surface area (Å²) < 4.78 is 10.6. The Kier molecular flexibility index (Phi) is 4.63. The Morgan fingerprint density at radius 2 is 1.77 bits per heavy atom.